The van der Waals surface area contributed by atoms with Crippen LogP contribution in [0.4, 0.5) is 0 Å². The van der Waals surface area contributed by atoms with Gasteiger partial charge in [0.25, 0.3) is 0 Å². The van der Waals surface area contributed by atoms with E-state index in [-0.39, 0.29) is 6.42 Å². The van der Waals surface area contributed by atoms with Crippen LogP contribution in [0, 0.1) is 0 Å². The highest BCUT2D eigenvalue weighted by atomic mass is 16.5. The smallest absolute Gasteiger partial charge is 0.309 e. The van der Waals surface area contributed by atoms with E-state index in [1.807, 2.05) is 0 Å². The van der Waals surface area contributed by atoms with Crippen LogP contribution in [0.15, 0.2) is 0 Å². The van der Waals surface area contributed by atoms with Crippen LogP contribution in [0.25, 0.3) is 0 Å². The van der Waals surface area contributed by atoms with E-state index in [0.717, 1.165) is 0 Å². The molecule has 0 fully saturated rings. The monoisotopic (exact) mass is 229 g/mol. The lowest BCUT2D eigenvalue weighted by molar-refractivity contribution is -0.136. The molecule has 16 heavy (non-hydrogen) atoms. The van der Waals surface area contributed by atoms with E-state index >= 15 is 0 Å². The highest BCUT2D eigenvalue weighted by Gasteiger charge is 2.15. The lowest BCUT2D eigenvalue weighted by Gasteiger charge is -2.05. The Morgan fingerprint density at radius 1 is 1.44 bits per heavy atom. The van der Waals surface area contributed by atoms with Crippen LogP contribution in [0.3, 0.4) is 0 Å². The number of carbonyl (C=O) groups is 1. The Balaban J connectivity index is 2.82. The van der Waals surface area contributed by atoms with E-state index in [4.69, 9.17) is 14.6 Å². The average Bonchev–Trinajstić information content (AvgIpc) is 2.59. The lowest BCUT2D eigenvalue weighted by Crippen LogP contribution is -2.12. The summed E-state index contributed by atoms with van der Waals surface area (Å²) >= 11 is 0. The summed E-state index contributed by atoms with van der Waals surface area (Å²) in [5.41, 5.74) is 1.12. The third kappa shape index (κ3) is 3.28. The molecule has 0 amide bonds. The van der Waals surface area contributed by atoms with Crippen LogP contribution < -0.4 is 0 Å². The molecule has 1 heterocycles. The molecule has 0 saturated heterocycles. The molecule has 0 aliphatic heterocycles. The Morgan fingerprint density at radius 3 is 2.75 bits per heavy atom. The second kappa shape index (κ2) is 6.19. The largest absolute Gasteiger partial charge is 0.481 e. The van der Waals surface area contributed by atoms with Gasteiger partial charge in [0.1, 0.15) is 0 Å². The first-order valence-corrected chi connectivity index (χ1v) is 4.80. The quantitative estimate of drug-likeness (QED) is 0.690. The second-order valence-electron chi connectivity index (χ2n) is 3.20. The first-order chi connectivity index (χ1) is 7.69. The van der Waals surface area contributed by atoms with Gasteiger partial charge in [-0.05, 0) is 0 Å². The molecule has 0 radical (unpaired) electrons. The number of hydrogen-bond donors (Lipinski definition) is 1. The molecular formula is C9H15N3O4. The molecule has 90 valence electrons. The minimum atomic E-state index is -0.934. The molecule has 1 N–H and O–H groups in total. The zero-order valence-corrected chi connectivity index (χ0v) is 9.34. The molecule has 0 atom stereocenters. The van der Waals surface area contributed by atoms with Crippen molar-refractivity contribution in [3.8, 4) is 0 Å². The van der Waals surface area contributed by atoms with Gasteiger partial charge in [-0.3, -0.25) is 4.79 Å². The molecular weight excluding hydrogens is 214 g/mol. The first kappa shape index (κ1) is 12.6. The molecule has 1 aromatic rings. The fourth-order valence-electron chi connectivity index (χ4n) is 1.30. The molecule has 0 saturated carbocycles. The summed E-state index contributed by atoms with van der Waals surface area (Å²) in [5.74, 6) is -0.934. The SMILES string of the molecule is COCCn1nnc(CC(=O)O)c1COC. The van der Waals surface area contributed by atoms with Crippen molar-refractivity contribution in [2.24, 2.45) is 0 Å². The van der Waals surface area contributed by atoms with E-state index in [2.05, 4.69) is 10.3 Å². The minimum Gasteiger partial charge on any atom is -0.481 e. The summed E-state index contributed by atoms with van der Waals surface area (Å²) < 4.78 is 11.5. The second-order valence-corrected chi connectivity index (χ2v) is 3.20. The Kier molecular flexibility index (Phi) is 4.87. The van der Waals surface area contributed by atoms with E-state index in [1.165, 1.54) is 7.11 Å². The molecule has 0 bridgehead atoms. The highest BCUT2D eigenvalue weighted by molar-refractivity contribution is 5.69. The van der Waals surface area contributed by atoms with Gasteiger partial charge in [-0.1, -0.05) is 5.21 Å². The fourth-order valence-corrected chi connectivity index (χ4v) is 1.30. The Hall–Kier alpha value is -1.47. The van der Waals surface area contributed by atoms with Gasteiger partial charge >= 0.3 is 5.97 Å². The van der Waals surface area contributed by atoms with Crippen molar-refractivity contribution in [2.75, 3.05) is 20.8 Å². The van der Waals surface area contributed by atoms with Gasteiger partial charge in [0.15, 0.2) is 0 Å². The van der Waals surface area contributed by atoms with Gasteiger partial charge in [-0.25, -0.2) is 4.68 Å². The van der Waals surface area contributed by atoms with Crippen molar-refractivity contribution >= 4 is 5.97 Å². The number of nitrogens with zero attached hydrogens (tertiary/aromatic N) is 3. The van der Waals surface area contributed by atoms with Crippen molar-refractivity contribution < 1.29 is 19.4 Å². The first-order valence-electron chi connectivity index (χ1n) is 4.80. The minimum absolute atomic E-state index is 0.147. The molecule has 0 spiro atoms. The predicted molar refractivity (Wildman–Crippen MR) is 54.0 cm³/mol. The summed E-state index contributed by atoms with van der Waals surface area (Å²) in [5, 5.41) is 16.4. The number of rotatable bonds is 7. The maximum Gasteiger partial charge on any atom is 0.309 e. The number of ether oxygens (including phenoxy) is 2. The van der Waals surface area contributed by atoms with Crippen LogP contribution in [0.1, 0.15) is 11.4 Å². The van der Waals surface area contributed by atoms with Crippen molar-refractivity contribution in [1.29, 1.82) is 0 Å². The van der Waals surface area contributed by atoms with Gasteiger partial charge in [0, 0.05) is 14.2 Å². The standard InChI is InChI=1S/C9H15N3O4/c1-15-4-3-12-8(6-16-2)7(10-11-12)5-9(13)14/h3-6H2,1-2H3,(H,13,14). The Labute approximate surface area is 93.0 Å². The highest BCUT2D eigenvalue weighted by Crippen LogP contribution is 2.08. The summed E-state index contributed by atoms with van der Waals surface area (Å²) in [7, 11) is 3.13. The number of carboxylic acids is 1. The molecule has 0 aliphatic carbocycles. The van der Waals surface area contributed by atoms with Crippen LogP contribution in [0.2, 0.25) is 0 Å². The van der Waals surface area contributed by atoms with Crippen molar-refractivity contribution in [3.05, 3.63) is 11.4 Å². The van der Waals surface area contributed by atoms with Crippen LogP contribution in [-0.2, 0) is 33.8 Å². The summed E-state index contributed by atoms with van der Waals surface area (Å²) in [6.45, 7) is 1.31. The molecule has 1 rings (SSSR count). The topological polar surface area (TPSA) is 86.5 Å². The zero-order chi connectivity index (χ0) is 12.0. The van der Waals surface area contributed by atoms with Gasteiger partial charge in [0.2, 0.25) is 0 Å². The number of aromatic nitrogens is 3. The summed E-state index contributed by atoms with van der Waals surface area (Å²) in [6.07, 6.45) is -0.147. The van der Waals surface area contributed by atoms with E-state index in [0.29, 0.717) is 31.1 Å². The third-order valence-electron chi connectivity index (χ3n) is 2.03. The van der Waals surface area contributed by atoms with Gasteiger partial charge in [-0.2, -0.15) is 0 Å². The Morgan fingerprint density at radius 2 is 2.19 bits per heavy atom. The predicted octanol–water partition coefficient (Wildman–Crippen LogP) is -0.302. The molecule has 0 unspecified atom stereocenters. The summed E-state index contributed by atoms with van der Waals surface area (Å²) in [4.78, 5) is 10.6. The molecule has 7 heteroatoms. The Bertz CT molecular complexity index is 351. The number of aliphatic carboxylic acids is 1. The van der Waals surface area contributed by atoms with Gasteiger partial charge in [-0.15, -0.1) is 5.10 Å². The van der Waals surface area contributed by atoms with E-state index in [9.17, 15) is 4.79 Å². The number of hydrogen-bond acceptors (Lipinski definition) is 5. The van der Waals surface area contributed by atoms with Gasteiger partial charge < -0.3 is 14.6 Å². The molecule has 7 nitrogen and oxygen atoms in total. The number of carboxylic acid groups (broad SMARTS) is 1. The van der Waals surface area contributed by atoms with Crippen molar-refractivity contribution in [2.45, 2.75) is 19.6 Å². The number of methoxy groups -OCH3 is 2. The fraction of sp³-hybridized carbons (Fsp3) is 0.667. The summed E-state index contributed by atoms with van der Waals surface area (Å²) in [6, 6.07) is 0. The zero-order valence-electron chi connectivity index (χ0n) is 9.34. The van der Waals surface area contributed by atoms with E-state index < -0.39 is 5.97 Å². The van der Waals surface area contributed by atoms with Gasteiger partial charge in [0.05, 0.1) is 37.6 Å². The molecule has 1 aromatic heterocycles. The van der Waals surface area contributed by atoms with E-state index in [1.54, 1.807) is 11.8 Å². The maximum absolute atomic E-state index is 10.6. The molecule has 0 aromatic carbocycles. The third-order valence-corrected chi connectivity index (χ3v) is 2.03. The van der Waals surface area contributed by atoms with Crippen molar-refractivity contribution in [3.63, 3.8) is 0 Å². The maximum atomic E-state index is 10.6. The molecule has 0 aliphatic rings. The van der Waals surface area contributed by atoms with Crippen LogP contribution in [0.5, 0.6) is 0 Å². The lowest BCUT2D eigenvalue weighted by atomic mass is 10.2. The average molecular weight is 229 g/mol. The van der Waals surface area contributed by atoms with Crippen LogP contribution >= 0.6 is 0 Å². The van der Waals surface area contributed by atoms with Crippen molar-refractivity contribution in [1.82, 2.24) is 15.0 Å². The normalized spacial score (nSPS) is 10.6. The van der Waals surface area contributed by atoms with Crippen LogP contribution in [-0.4, -0.2) is 46.9 Å².